The maximum atomic E-state index is 13.8. The Morgan fingerprint density at radius 1 is 1.43 bits per heavy atom. The van der Waals surface area contributed by atoms with Crippen LogP contribution in [-0.4, -0.2) is 65.8 Å². The van der Waals surface area contributed by atoms with Crippen molar-refractivity contribution in [3.8, 4) is 0 Å². The van der Waals surface area contributed by atoms with Gasteiger partial charge >= 0.3 is 5.92 Å². The zero-order chi connectivity index (χ0) is 15.8. The first-order valence-electron chi connectivity index (χ1n) is 5.64. The number of fused-ring (bicyclic) bond motifs is 1. The molecular weight excluding hydrogens is 292 g/mol. The fourth-order valence-corrected chi connectivity index (χ4v) is 1.59. The normalized spacial score (nSPS) is 15.1. The summed E-state index contributed by atoms with van der Waals surface area (Å²) in [5.74, 6) is -7.13. The average molecular weight is 303 g/mol. The van der Waals surface area contributed by atoms with Crippen LogP contribution >= 0.6 is 0 Å². The monoisotopic (exact) mass is 303 g/mol. The summed E-state index contributed by atoms with van der Waals surface area (Å²) in [6, 6.07) is 0. The van der Waals surface area contributed by atoms with Crippen molar-refractivity contribution >= 4 is 22.8 Å². The Kier molecular flexibility index (Phi) is 3.80. The van der Waals surface area contributed by atoms with Gasteiger partial charge in [0.1, 0.15) is 17.9 Å². The molecule has 0 aliphatic heterocycles. The largest absolute Gasteiger partial charge is 0.394 e. The number of hydrogen-bond donors (Lipinski definition) is 5. The molecule has 2 rings (SSSR count). The second kappa shape index (κ2) is 5.27. The highest BCUT2D eigenvalue weighted by atomic mass is 19.3. The number of aliphatic hydroxyl groups excluding tert-OH is 3. The molecule has 0 unspecified atom stereocenters. The molecule has 0 saturated heterocycles. The predicted molar refractivity (Wildman–Crippen MR) is 64.5 cm³/mol. The minimum atomic E-state index is -4.36. The first-order valence-corrected chi connectivity index (χ1v) is 5.64. The Hall–Kier alpha value is -2.24. The quantitative estimate of drug-likeness (QED) is 0.416. The van der Waals surface area contributed by atoms with Gasteiger partial charge in [0, 0.05) is 0 Å². The molecule has 9 nitrogen and oxygen atoms in total. The number of nitrogens with one attached hydrogen (secondary N) is 1. The number of ketones is 1. The first kappa shape index (κ1) is 15.2. The number of aromatic nitrogens is 4. The fourth-order valence-electron chi connectivity index (χ4n) is 1.59. The van der Waals surface area contributed by atoms with E-state index in [0.29, 0.717) is 0 Å². The molecule has 2 aromatic rings. The maximum absolute atomic E-state index is 13.8. The van der Waals surface area contributed by atoms with Gasteiger partial charge in [-0.25, -0.2) is 15.0 Å². The molecule has 0 bridgehead atoms. The Morgan fingerprint density at radius 2 is 2.10 bits per heavy atom. The van der Waals surface area contributed by atoms with Crippen molar-refractivity contribution in [1.29, 1.82) is 0 Å². The van der Waals surface area contributed by atoms with Crippen LogP contribution in [0, 0.1) is 0 Å². The zero-order valence-electron chi connectivity index (χ0n) is 10.4. The number of anilines is 1. The van der Waals surface area contributed by atoms with Gasteiger partial charge < -0.3 is 26.0 Å². The van der Waals surface area contributed by atoms with Gasteiger partial charge in [0.25, 0.3) is 5.78 Å². The van der Waals surface area contributed by atoms with Crippen molar-refractivity contribution in [2.45, 2.75) is 18.1 Å². The molecular formula is C10H11F2N5O4. The summed E-state index contributed by atoms with van der Waals surface area (Å²) in [7, 11) is 0. The SMILES string of the molecule is Nc1ncnc2nc(C(=O)C(F)(F)[C@@H](O)[C@H](O)CO)[nH]c12. The molecule has 114 valence electrons. The molecule has 6 N–H and O–H groups in total. The van der Waals surface area contributed by atoms with Crippen molar-refractivity contribution < 1.29 is 28.9 Å². The lowest BCUT2D eigenvalue weighted by Crippen LogP contribution is -2.49. The lowest BCUT2D eigenvalue weighted by Gasteiger charge is -2.23. The van der Waals surface area contributed by atoms with Crippen LogP contribution in [0.15, 0.2) is 6.33 Å². The second-order valence-corrected chi connectivity index (χ2v) is 4.19. The van der Waals surface area contributed by atoms with E-state index in [2.05, 4.69) is 19.9 Å². The number of nitrogen functional groups attached to an aromatic ring is 1. The smallest absolute Gasteiger partial charge is 0.340 e. The molecule has 2 atom stereocenters. The summed E-state index contributed by atoms with van der Waals surface area (Å²) < 4.78 is 27.5. The van der Waals surface area contributed by atoms with E-state index in [9.17, 15) is 18.7 Å². The summed E-state index contributed by atoms with van der Waals surface area (Å²) in [5, 5.41) is 26.8. The van der Waals surface area contributed by atoms with Gasteiger partial charge in [-0.1, -0.05) is 0 Å². The number of halogens is 2. The van der Waals surface area contributed by atoms with Crippen molar-refractivity contribution in [2.75, 3.05) is 12.3 Å². The van der Waals surface area contributed by atoms with Gasteiger partial charge in [-0.2, -0.15) is 8.78 Å². The lowest BCUT2D eigenvalue weighted by molar-refractivity contribution is -0.133. The molecule has 0 radical (unpaired) electrons. The van der Waals surface area contributed by atoms with E-state index in [1.165, 1.54) is 0 Å². The summed E-state index contributed by atoms with van der Waals surface area (Å²) in [6.07, 6.45) is -3.93. The number of rotatable bonds is 5. The van der Waals surface area contributed by atoms with Crippen LogP contribution in [0.1, 0.15) is 10.6 Å². The van der Waals surface area contributed by atoms with Crippen LogP contribution in [0.4, 0.5) is 14.6 Å². The summed E-state index contributed by atoms with van der Waals surface area (Å²) >= 11 is 0. The van der Waals surface area contributed by atoms with E-state index in [1.807, 2.05) is 0 Å². The lowest BCUT2D eigenvalue weighted by atomic mass is 10.0. The van der Waals surface area contributed by atoms with E-state index in [1.54, 1.807) is 0 Å². The molecule has 2 aromatic heterocycles. The van der Waals surface area contributed by atoms with Crippen molar-refractivity contribution in [2.24, 2.45) is 0 Å². The van der Waals surface area contributed by atoms with E-state index in [4.69, 9.17) is 15.9 Å². The number of nitrogens with two attached hydrogens (primary N) is 1. The van der Waals surface area contributed by atoms with Gasteiger partial charge in [-0.3, -0.25) is 4.79 Å². The number of carbonyl (C=O) groups is 1. The molecule has 0 amide bonds. The fraction of sp³-hybridized carbons (Fsp3) is 0.400. The van der Waals surface area contributed by atoms with Crippen molar-refractivity contribution in [3.05, 3.63) is 12.2 Å². The molecule has 0 aliphatic carbocycles. The summed E-state index contributed by atoms with van der Waals surface area (Å²) in [6.45, 7) is -1.14. The van der Waals surface area contributed by atoms with Gasteiger partial charge in [-0.05, 0) is 0 Å². The first-order chi connectivity index (χ1) is 9.78. The number of carbonyl (C=O) groups excluding carboxylic acids is 1. The highest BCUT2D eigenvalue weighted by Crippen LogP contribution is 2.26. The molecule has 21 heavy (non-hydrogen) atoms. The van der Waals surface area contributed by atoms with E-state index in [-0.39, 0.29) is 17.0 Å². The molecule has 0 saturated carbocycles. The number of aliphatic hydroxyl groups is 3. The molecule has 0 aromatic carbocycles. The predicted octanol–water partition coefficient (Wildman–Crippen LogP) is -1.53. The molecule has 0 spiro atoms. The van der Waals surface area contributed by atoms with Gasteiger partial charge in [0.15, 0.2) is 23.4 Å². The van der Waals surface area contributed by atoms with E-state index < -0.39 is 36.3 Å². The number of H-pyrrole nitrogens is 1. The minimum absolute atomic E-state index is 0.00570. The van der Waals surface area contributed by atoms with Crippen LogP contribution in [0.2, 0.25) is 0 Å². The molecule has 2 heterocycles. The molecule has 0 fully saturated rings. The Balaban J connectivity index is 2.39. The van der Waals surface area contributed by atoms with Crippen LogP contribution in [0.3, 0.4) is 0 Å². The minimum Gasteiger partial charge on any atom is -0.394 e. The average Bonchev–Trinajstić information content (AvgIpc) is 2.90. The van der Waals surface area contributed by atoms with Gasteiger partial charge in [0.05, 0.1) is 6.61 Å². The topological polar surface area (TPSA) is 158 Å². The third kappa shape index (κ3) is 2.53. The molecule has 0 aliphatic rings. The van der Waals surface area contributed by atoms with Gasteiger partial charge in [-0.15, -0.1) is 0 Å². The zero-order valence-corrected chi connectivity index (χ0v) is 10.4. The number of Topliss-reactive ketones (excluding diaryl/α,β-unsaturated/α-hetero) is 1. The second-order valence-electron chi connectivity index (χ2n) is 4.19. The number of hydrogen-bond acceptors (Lipinski definition) is 8. The highest BCUT2D eigenvalue weighted by molar-refractivity contribution is 6.01. The van der Waals surface area contributed by atoms with E-state index in [0.717, 1.165) is 6.33 Å². The number of alkyl halides is 2. The van der Waals surface area contributed by atoms with Crippen LogP contribution < -0.4 is 5.73 Å². The summed E-state index contributed by atoms with van der Waals surface area (Å²) in [4.78, 5) is 24.7. The van der Waals surface area contributed by atoms with Crippen molar-refractivity contribution in [1.82, 2.24) is 19.9 Å². The van der Waals surface area contributed by atoms with Crippen LogP contribution in [0.5, 0.6) is 0 Å². The number of imidazole rings is 1. The van der Waals surface area contributed by atoms with Gasteiger partial charge in [0.2, 0.25) is 0 Å². The Labute approximate surface area is 115 Å². The Morgan fingerprint density at radius 3 is 2.67 bits per heavy atom. The summed E-state index contributed by atoms with van der Waals surface area (Å²) in [5.41, 5.74) is 5.36. The highest BCUT2D eigenvalue weighted by Gasteiger charge is 2.51. The Bertz CT molecular complexity index is 677. The molecule has 11 heteroatoms. The number of aromatic amines is 1. The standard InChI is InChI=1S/C10H11F2N5O4/c11-10(12,5(20)3(19)1-18)6(21)9-16-4-7(13)14-2-15-8(4)17-9/h2-3,5,18-20H,1H2,(H3,13,14,15,16,17)/t3-,5+/m1/s1. The van der Waals surface area contributed by atoms with Crippen molar-refractivity contribution in [3.63, 3.8) is 0 Å². The van der Waals surface area contributed by atoms with Crippen LogP contribution in [0.25, 0.3) is 11.2 Å². The van der Waals surface area contributed by atoms with E-state index >= 15 is 0 Å². The third-order valence-electron chi connectivity index (χ3n) is 2.76. The van der Waals surface area contributed by atoms with Crippen LogP contribution in [-0.2, 0) is 0 Å². The number of nitrogens with zero attached hydrogens (tertiary/aromatic N) is 3. The third-order valence-corrected chi connectivity index (χ3v) is 2.76. The maximum Gasteiger partial charge on any atom is 0.340 e.